The smallest absolute Gasteiger partial charge is 0.289 e. The van der Waals surface area contributed by atoms with Crippen molar-refractivity contribution < 1.29 is 9.53 Å². The molecular weight excluding hydrogens is 396 g/mol. The van der Waals surface area contributed by atoms with Crippen LogP contribution < -0.4 is 10.2 Å². The van der Waals surface area contributed by atoms with Crippen LogP contribution in [0.15, 0.2) is 64.2 Å². The molecule has 2 aromatic carbocycles. The number of nitrogens with zero attached hydrogens (tertiary/aromatic N) is 2. The van der Waals surface area contributed by atoms with Crippen LogP contribution in [0.5, 0.6) is 5.75 Å². The quantitative estimate of drug-likeness (QED) is 0.474. The molecule has 1 heterocycles. The molecule has 7 heteroatoms. The van der Waals surface area contributed by atoms with Gasteiger partial charge in [-0.25, -0.2) is 5.43 Å². The van der Waals surface area contributed by atoms with Gasteiger partial charge in [0, 0.05) is 10.0 Å². The Morgan fingerprint density at radius 1 is 1.27 bits per heavy atom. The second-order valence-electron chi connectivity index (χ2n) is 5.38. The van der Waals surface area contributed by atoms with E-state index < -0.39 is 0 Å². The third-order valence-electron chi connectivity index (χ3n) is 3.51. The highest BCUT2D eigenvalue weighted by atomic mass is 79.9. The Morgan fingerprint density at radius 2 is 2.08 bits per heavy atom. The minimum absolute atomic E-state index is 0.328. The van der Waals surface area contributed by atoms with Gasteiger partial charge in [-0.2, -0.15) is 10.2 Å². The van der Waals surface area contributed by atoms with Crippen LogP contribution in [0.1, 0.15) is 23.0 Å². The number of ether oxygens (including phenoxy) is 1. The van der Waals surface area contributed by atoms with Gasteiger partial charge < -0.3 is 4.74 Å². The summed E-state index contributed by atoms with van der Waals surface area (Å²) in [4.78, 5) is 12.2. The van der Waals surface area contributed by atoms with Gasteiger partial charge >= 0.3 is 0 Å². The van der Waals surface area contributed by atoms with E-state index in [2.05, 4.69) is 36.7 Å². The summed E-state index contributed by atoms with van der Waals surface area (Å²) in [5.41, 5.74) is 5.22. The normalized spacial score (nSPS) is 10.8. The van der Waals surface area contributed by atoms with E-state index in [9.17, 15) is 4.79 Å². The van der Waals surface area contributed by atoms with Crippen molar-refractivity contribution in [1.82, 2.24) is 15.6 Å². The highest BCUT2D eigenvalue weighted by Gasteiger charge is 2.11. The zero-order chi connectivity index (χ0) is 18.4. The number of hydrogen-bond donors (Lipinski definition) is 2. The van der Waals surface area contributed by atoms with Crippen molar-refractivity contribution in [1.29, 1.82) is 0 Å². The number of carbonyl (C=O) groups excluding carboxylic acids is 1. The Kier molecular flexibility index (Phi) is 5.80. The van der Waals surface area contributed by atoms with E-state index in [4.69, 9.17) is 4.74 Å². The van der Waals surface area contributed by atoms with Gasteiger partial charge in [0.2, 0.25) is 0 Å². The summed E-state index contributed by atoms with van der Waals surface area (Å²) < 4.78 is 6.47. The van der Waals surface area contributed by atoms with E-state index >= 15 is 0 Å². The number of hydrogen-bond acceptors (Lipinski definition) is 4. The number of carbonyl (C=O) groups is 1. The number of amides is 1. The molecular formula is C19H17BrN4O2. The van der Waals surface area contributed by atoms with Gasteiger partial charge in [-0.05, 0) is 42.8 Å². The van der Waals surface area contributed by atoms with E-state index in [1.807, 2.05) is 55.5 Å². The summed E-state index contributed by atoms with van der Waals surface area (Å²) in [5.74, 6) is 0.399. The Balaban J connectivity index is 1.66. The molecule has 6 nitrogen and oxygen atoms in total. The molecule has 0 spiro atoms. The fraction of sp³-hybridized carbons (Fsp3) is 0.105. The van der Waals surface area contributed by atoms with Crippen molar-refractivity contribution in [2.75, 3.05) is 6.61 Å². The molecule has 0 aliphatic carbocycles. The third-order valence-corrected chi connectivity index (χ3v) is 4.04. The largest absolute Gasteiger partial charge is 0.494 e. The molecule has 26 heavy (non-hydrogen) atoms. The number of benzene rings is 2. The highest BCUT2D eigenvalue weighted by Crippen LogP contribution is 2.22. The SMILES string of the molecule is CCOc1cccc(-c2cc(C(=O)NN=Cc3ccc(Br)cc3)[nH]n2)c1. The highest BCUT2D eigenvalue weighted by molar-refractivity contribution is 9.10. The van der Waals surface area contributed by atoms with Crippen LogP contribution in [0.4, 0.5) is 0 Å². The molecule has 132 valence electrons. The van der Waals surface area contributed by atoms with Crippen molar-refractivity contribution in [2.45, 2.75) is 6.92 Å². The second kappa shape index (κ2) is 8.44. The zero-order valence-electron chi connectivity index (χ0n) is 14.1. The summed E-state index contributed by atoms with van der Waals surface area (Å²) in [5, 5.41) is 10.9. The first-order valence-electron chi connectivity index (χ1n) is 8.03. The van der Waals surface area contributed by atoms with Crippen molar-refractivity contribution in [3.8, 4) is 17.0 Å². The molecule has 3 rings (SSSR count). The van der Waals surface area contributed by atoms with Crippen LogP contribution >= 0.6 is 15.9 Å². The van der Waals surface area contributed by atoms with Gasteiger partial charge in [-0.3, -0.25) is 9.89 Å². The van der Waals surface area contributed by atoms with E-state index in [0.717, 1.165) is 21.3 Å². The predicted octanol–water partition coefficient (Wildman–Crippen LogP) is 4.00. The number of hydrazone groups is 1. The average Bonchev–Trinajstić information content (AvgIpc) is 3.14. The van der Waals surface area contributed by atoms with Crippen LogP contribution in [-0.4, -0.2) is 28.9 Å². The predicted molar refractivity (Wildman–Crippen MR) is 104 cm³/mol. The number of rotatable bonds is 6. The van der Waals surface area contributed by atoms with E-state index in [-0.39, 0.29) is 5.91 Å². The van der Waals surface area contributed by atoms with Gasteiger partial charge in [0.05, 0.1) is 18.5 Å². The minimum atomic E-state index is -0.363. The number of H-pyrrole nitrogens is 1. The van der Waals surface area contributed by atoms with Crippen molar-refractivity contribution >= 4 is 28.1 Å². The lowest BCUT2D eigenvalue weighted by atomic mass is 10.1. The maximum Gasteiger partial charge on any atom is 0.289 e. The first kappa shape index (κ1) is 17.9. The molecule has 0 saturated carbocycles. The Hall–Kier alpha value is -2.93. The summed E-state index contributed by atoms with van der Waals surface area (Å²) in [6, 6.07) is 16.8. The minimum Gasteiger partial charge on any atom is -0.494 e. The molecule has 0 aliphatic rings. The average molecular weight is 413 g/mol. The monoisotopic (exact) mass is 412 g/mol. The van der Waals surface area contributed by atoms with Crippen molar-refractivity contribution in [2.24, 2.45) is 5.10 Å². The van der Waals surface area contributed by atoms with E-state index in [1.165, 1.54) is 0 Å². The maximum atomic E-state index is 12.2. The topological polar surface area (TPSA) is 79.4 Å². The van der Waals surface area contributed by atoms with Gasteiger partial charge in [-0.15, -0.1) is 0 Å². The molecule has 3 aromatic rings. The first-order valence-corrected chi connectivity index (χ1v) is 8.82. The standard InChI is InChI=1S/C19H17BrN4O2/c1-2-26-16-5-3-4-14(10-16)17-11-18(23-22-17)19(25)24-21-12-13-6-8-15(20)9-7-13/h3-12H,2H2,1H3,(H,22,23)(H,24,25). The third kappa shape index (κ3) is 4.58. The molecule has 1 amide bonds. The van der Waals surface area contributed by atoms with Gasteiger partial charge in [0.1, 0.15) is 11.4 Å². The van der Waals surface area contributed by atoms with Crippen LogP contribution in [-0.2, 0) is 0 Å². The van der Waals surface area contributed by atoms with Gasteiger partial charge in [0.15, 0.2) is 0 Å². The molecule has 1 aromatic heterocycles. The molecule has 0 fully saturated rings. The Morgan fingerprint density at radius 3 is 2.85 bits per heavy atom. The molecule has 0 radical (unpaired) electrons. The van der Waals surface area contributed by atoms with Gasteiger partial charge in [-0.1, -0.05) is 40.2 Å². The molecule has 0 aliphatic heterocycles. The first-order chi connectivity index (χ1) is 12.7. The van der Waals surface area contributed by atoms with Crippen LogP contribution in [0, 0.1) is 0 Å². The Bertz CT molecular complexity index is 919. The van der Waals surface area contributed by atoms with Crippen LogP contribution in [0.3, 0.4) is 0 Å². The molecule has 0 atom stereocenters. The number of nitrogens with one attached hydrogen (secondary N) is 2. The van der Waals surface area contributed by atoms with Crippen molar-refractivity contribution in [3.63, 3.8) is 0 Å². The molecule has 0 saturated heterocycles. The lowest BCUT2D eigenvalue weighted by molar-refractivity contribution is 0.0950. The molecule has 0 unspecified atom stereocenters. The number of aromatic nitrogens is 2. The molecule has 2 N–H and O–H groups in total. The zero-order valence-corrected chi connectivity index (χ0v) is 15.7. The number of halogens is 1. The van der Waals surface area contributed by atoms with E-state index in [1.54, 1.807) is 12.3 Å². The second-order valence-corrected chi connectivity index (χ2v) is 6.29. The summed E-state index contributed by atoms with van der Waals surface area (Å²) in [7, 11) is 0. The van der Waals surface area contributed by atoms with Gasteiger partial charge in [0.25, 0.3) is 5.91 Å². The summed E-state index contributed by atoms with van der Waals surface area (Å²) >= 11 is 3.37. The Labute approximate surface area is 159 Å². The fourth-order valence-electron chi connectivity index (χ4n) is 2.27. The molecule has 0 bridgehead atoms. The van der Waals surface area contributed by atoms with E-state index in [0.29, 0.717) is 18.0 Å². The van der Waals surface area contributed by atoms with Crippen molar-refractivity contribution in [3.05, 3.63) is 70.3 Å². The lowest BCUT2D eigenvalue weighted by Crippen LogP contribution is -2.17. The summed E-state index contributed by atoms with van der Waals surface area (Å²) in [6.07, 6.45) is 1.58. The summed E-state index contributed by atoms with van der Waals surface area (Å²) in [6.45, 7) is 2.52. The van der Waals surface area contributed by atoms with Crippen LogP contribution in [0.2, 0.25) is 0 Å². The maximum absolute atomic E-state index is 12.2. The number of aromatic amines is 1. The lowest BCUT2D eigenvalue weighted by Gasteiger charge is -2.03. The van der Waals surface area contributed by atoms with Crippen LogP contribution in [0.25, 0.3) is 11.3 Å². The fourth-order valence-corrected chi connectivity index (χ4v) is 2.54.